The Balaban J connectivity index is 2.04. The molecule has 0 bridgehead atoms. The van der Waals surface area contributed by atoms with E-state index in [2.05, 4.69) is 20.6 Å². The highest BCUT2D eigenvalue weighted by molar-refractivity contribution is 7.09. The first-order valence-corrected chi connectivity index (χ1v) is 5.97. The van der Waals surface area contributed by atoms with Crippen molar-refractivity contribution in [1.82, 2.24) is 15.3 Å². The van der Waals surface area contributed by atoms with Crippen LogP contribution < -0.4 is 10.6 Å². The fourth-order valence-electron chi connectivity index (χ4n) is 1.38. The summed E-state index contributed by atoms with van der Waals surface area (Å²) in [5, 5.41) is 5.72. The zero-order valence-electron chi connectivity index (χ0n) is 9.30. The highest BCUT2D eigenvalue weighted by atomic mass is 32.1. The highest BCUT2D eigenvalue weighted by Gasteiger charge is 2.10. The van der Waals surface area contributed by atoms with Crippen molar-refractivity contribution in [2.24, 2.45) is 0 Å². The van der Waals surface area contributed by atoms with E-state index in [-0.39, 0.29) is 5.91 Å². The van der Waals surface area contributed by atoms with E-state index in [9.17, 15) is 4.79 Å². The number of nitrogens with one attached hydrogen (secondary N) is 2. The second kappa shape index (κ2) is 5.40. The SMILES string of the molecule is CNc1ncccc1C(=O)NCc1cncs1. The molecule has 17 heavy (non-hydrogen) atoms. The molecule has 0 saturated carbocycles. The van der Waals surface area contributed by atoms with Crippen LogP contribution in [0.2, 0.25) is 0 Å². The minimum Gasteiger partial charge on any atom is -0.372 e. The Kier molecular flexibility index (Phi) is 3.66. The number of rotatable bonds is 4. The number of carbonyl (C=O) groups excluding carboxylic acids is 1. The van der Waals surface area contributed by atoms with Gasteiger partial charge in [-0.05, 0) is 12.1 Å². The number of hydrogen-bond acceptors (Lipinski definition) is 5. The maximum absolute atomic E-state index is 11.9. The first-order valence-electron chi connectivity index (χ1n) is 5.09. The minimum absolute atomic E-state index is 0.143. The Morgan fingerprint density at radius 2 is 2.41 bits per heavy atom. The lowest BCUT2D eigenvalue weighted by Crippen LogP contribution is -2.23. The van der Waals surface area contributed by atoms with Gasteiger partial charge in [0.05, 0.1) is 17.6 Å². The van der Waals surface area contributed by atoms with Gasteiger partial charge in [-0.1, -0.05) is 0 Å². The number of thiazole rings is 1. The van der Waals surface area contributed by atoms with Crippen molar-refractivity contribution in [1.29, 1.82) is 0 Å². The van der Waals surface area contributed by atoms with E-state index in [1.54, 1.807) is 37.1 Å². The standard InChI is InChI=1S/C11H12N4OS/c1-12-10-9(3-2-4-14-10)11(16)15-6-8-5-13-7-17-8/h2-5,7H,6H2,1H3,(H,12,14)(H,15,16). The normalized spacial score (nSPS) is 9.94. The Labute approximate surface area is 103 Å². The molecule has 0 aliphatic rings. The third kappa shape index (κ3) is 2.79. The average Bonchev–Trinajstić information content (AvgIpc) is 2.89. The quantitative estimate of drug-likeness (QED) is 0.860. The first-order chi connectivity index (χ1) is 8.31. The van der Waals surface area contributed by atoms with Gasteiger partial charge < -0.3 is 10.6 Å². The van der Waals surface area contributed by atoms with Gasteiger partial charge in [0, 0.05) is 24.3 Å². The summed E-state index contributed by atoms with van der Waals surface area (Å²) in [6.45, 7) is 0.488. The zero-order chi connectivity index (χ0) is 12.1. The van der Waals surface area contributed by atoms with Gasteiger partial charge in [-0.25, -0.2) is 4.98 Å². The van der Waals surface area contributed by atoms with Crippen LogP contribution in [0.1, 0.15) is 15.2 Å². The van der Waals surface area contributed by atoms with Crippen molar-refractivity contribution < 1.29 is 4.79 Å². The van der Waals surface area contributed by atoms with Crippen molar-refractivity contribution in [3.05, 3.63) is 40.5 Å². The summed E-state index contributed by atoms with van der Waals surface area (Å²) in [5.41, 5.74) is 2.28. The van der Waals surface area contributed by atoms with E-state index in [1.807, 2.05) is 0 Å². The smallest absolute Gasteiger partial charge is 0.255 e. The Hall–Kier alpha value is -1.95. The third-order valence-electron chi connectivity index (χ3n) is 2.20. The van der Waals surface area contributed by atoms with Crippen molar-refractivity contribution >= 4 is 23.1 Å². The van der Waals surface area contributed by atoms with Crippen molar-refractivity contribution in [2.45, 2.75) is 6.54 Å². The van der Waals surface area contributed by atoms with Gasteiger partial charge in [-0.15, -0.1) is 11.3 Å². The summed E-state index contributed by atoms with van der Waals surface area (Å²) in [7, 11) is 1.74. The largest absolute Gasteiger partial charge is 0.372 e. The van der Waals surface area contributed by atoms with Crippen molar-refractivity contribution in [3.8, 4) is 0 Å². The van der Waals surface area contributed by atoms with Gasteiger partial charge >= 0.3 is 0 Å². The number of aromatic nitrogens is 2. The molecule has 0 unspecified atom stereocenters. The summed E-state index contributed by atoms with van der Waals surface area (Å²) in [5.74, 6) is 0.435. The molecule has 0 aromatic carbocycles. The summed E-state index contributed by atoms with van der Waals surface area (Å²) in [6.07, 6.45) is 3.39. The van der Waals surface area contributed by atoms with Crippen LogP contribution in [0.5, 0.6) is 0 Å². The maximum Gasteiger partial charge on any atom is 0.255 e. The molecule has 2 aromatic heterocycles. The molecule has 5 nitrogen and oxygen atoms in total. The maximum atomic E-state index is 11.9. The Morgan fingerprint density at radius 3 is 3.12 bits per heavy atom. The predicted molar refractivity (Wildman–Crippen MR) is 67.1 cm³/mol. The highest BCUT2D eigenvalue weighted by Crippen LogP contribution is 2.11. The van der Waals surface area contributed by atoms with Crippen LogP contribution in [0.15, 0.2) is 30.0 Å². The molecule has 2 heterocycles. The van der Waals surface area contributed by atoms with Crippen LogP contribution >= 0.6 is 11.3 Å². The summed E-state index contributed by atoms with van der Waals surface area (Å²) >= 11 is 1.51. The first kappa shape index (κ1) is 11.5. The number of amides is 1. The predicted octanol–water partition coefficient (Wildman–Crippen LogP) is 1.51. The lowest BCUT2D eigenvalue weighted by molar-refractivity contribution is 0.0952. The molecule has 0 aliphatic heterocycles. The molecule has 88 valence electrons. The number of nitrogens with zero attached hydrogens (tertiary/aromatic N) is 2. The van der Waals surface area contributed by atoms with Crippen molar-refractivity contribution in [2.75, 3.05) is 12.4 Å². The molecular formula is C11H12N4OS. The van der Waals surface area contributed by atoms with E-state index in [1.165, 1.54) is 11.3 Å². The van der Waals surface area contributed by atoms with E-state index in [4.69, 9.17) is 0 Å². The van der Waals surface area contributed by atoms with E-state index >= 15 is 0 Å². The molecule has 0 fully saturated rings. The molecule has 0 aliphatic carbocycles. The summed E-state index contributed by atoms with van der Waals surface area (Å²) < 4.78 is 0. The molecule has 1 amide bonds. The topological polar surface area (TPSA) is 66.9 Å². The number of anilines is 1. The monoisotopic (exact) mass is 248 g/mol. The van der Waals surface area contributed by atoms with Crippen molar-refractivity contribution in [3.63, 3.8) is 0 Å². The van der Waals surface area contributed by atoms with Crippen LogP contribution in [0.4, 0.5) is 5.82 Å². The van der Waals surface area contributed by atoms with E-state index < -0.39 is 0 Å². The molecule has 6 heteroatoms. The molecule has 2 aromatic rings. The molecule has 0 spiro atoms. The summed E-state index contributed by atoms with van der Waals surface area (Å²) in [6, 6.07) is 3.48. The van der Waals surface area contributed by atoms with Gasteiger partial charge in [0.15, 0.2) is 0 Å². The molecule has 0 atom stereocenters. The molecular weight excluding hydrogens is 236 g/mol. The molecule has 2 rings (SSSR count). The Morgan fingerprint density at radius 1 is 1.53 bits per heavy atom. The Bertz CT molecular complexity index is 498. The summed E-state index contributed by atoms with van der Waals surface area (Å²) in [4.78, 5) is 21.0. The fourth-order valence-corrected chi connectivity index (χ4v) is 1.91. The van der Waals surface area contributed by atoms with Gasteiger partial charge in [0.25, 0.3) is 5.91 Å². The number of carbonyl (C=O) groups is 1. The van der Waals surface area contributed by atoms with E-state index in [0.29, 0.717) is 17.9 Å². The zero-order valence-corrected chi connectivity index (χ0v) is 10.1. The van der Waals surface area contributed by atoms with Gasteiger partial charge in [-0.2, -0.15) is 0 Å². The lowest BCUT2D eigenvalue weighted by Gasteiger charge is -2.07. The van der Waals surface area contributed by atoms with Gasteiger partial charge in [0.1, 0.15) is 5.82 Å². The van der Waals surface area contributed by atoms with Crippen LogP contribution in [0, 0.1) is 0 Å². The van der Waals surface area contributed by atoms with Crippen LogP contribution in [0.3, 0.4) is 0 Å². The van der Waals surface area contributed by atoms with E-state index in [0.717, 1.165) is 4.88 Å². The van der Waals surface area contributed by atoms with Crippen LogP contribution in [0.25, 0.3) is 0 Å². The fraction of sp³-hybridized carbons (Fsp3) is 0.182. The third-order valence-corrected chi connectivity index (χ3v) is 2.98. The molecule has 2 N–H and O–H groups in total. The van der Waals surface area contributed by atoms with Gasteiger partial charge in [-0.3, -0.25) is 9.78 Å². The average molecular weight is 248 g/mol. The lowest BCUT2D eigenvalue weighted by atomic mass is 10.2. The second-order valence-electron chi connectivity index (χ2n) is 3.30. The number of hydrogen-bond donors (Lipinski definition) is 2. The second-order valence-corrected chi connectivity index (χ2v) is 4.27. The number of pyridine rings is 1. The van der Waals surface area contributed by atoms with Gasteiger partial charge in [0.2, 0.25) is 0 Å². The van der Waals surface area contributed by atoms with Crippen LogP contribution in [-0.2, 0) is 6.54 Å². The molecule has 0 saturated heterocycles. The molecule has 0 radical (unpaired) electrons. The van der Waals surface area contributed by atoms with Crippen LogP contribution in [-0.4, -0.2) is 22.9 Å². The minimum atomic E-state index is -0.143.